The Morgan fingerprint density at radius 1 is 0.872 bits per heavy atom. The van der Waals surface area contributed by atoms with Gasteiger partial charge in [0.25, 0.3) is 0 Å². The van der Waals surface area contributed by atoms with Gasteiger partial charge in [-0.3, -0.25) is 9.59 Å². The molecule has 0 spiro atoms. The molecule has 0 fully saturated rings. The number of carbonyl (C=O) groups is 2. The quantitative estimate of drug-likeness (QED) is 0.0972. The molecule has 4 aromatic rings. The van der Waals surface area contributed by atoms with Gasteiger partial charge in [-0.05, 0) is 55.5 Å². The van der Waals surface area contributed by atoms with E-state index in [4.69, 9.17) is 28.1 Å². The molecule has 0 unspecified atom stereocenters. The first kappa shape index (κ1) is 27.4. The molecule has 1 aromatic heterocycles. The molecular weight excluding hydrogens is 502 g/mol. The molecule has 0 saturated carbocycles. The molecule has 0 aliphatic rings. The molecule has 39 heavy (non-hydrogen) atoms. The lowest BCUT2D eigenvalue weighted by Crippen LogP contribution is -2.12. The number of methoxy groups -OCH3 is 1. The van der Waals surface area contributed by atoms with E-state index in [1.807, 2.05) is 37.3 Å². The molecule has 0 saturated heterocycles. The monoisotopic (exact) mass is 531 g/mol. The number of oxazole rings is 1. The van der Waals surface area contributed by atoms with Gasteiger partial charge in [-0.2, -0.15) is 0 Å². The summed E-state index contributed by atoms with van der Waals surface area (Å²) in [6, 6.07) is 21.3. The van der Waals surface area contributed by atoms with Gasteiger partial charge >= 0.3 is 5.97 Å². The van der Waals surface area contributed by atoms with Crippen LogP contribution in [0.3, 0.4) is 0 Å². The number of aromatic nitrogens is 1. The zero-order valence-electron chi connectivity index (χ0n) is 22.0. The number of hydrogen-bond donors (Lipinski definition) is 0. The van der Waals surface area contributed by atoms with Crippen molar-refractivity contribution in [1.29, 1.82) is 0 Å². The summed E-state index contributed by atoms with van der Waals surface area (Å²) < 4.78 is 32.8. The maximum Gasteiger partial charge on any atom is 0.302 e. The van der Waals surface area contributed by atoms with Crippen molar-refractivity contribution in [2.45, 2.75) is 20.5 Å². The molecule has 0 radical (unpaired) electrons. The number of benzene rings is 3. The highest BCUT2D eigenvalue weighted by molar-refractivity contribution is 6.10. The van der Waals surface area contributed by atoms with Crippen molar-refractivity contribution >= 4 is 11.8 Å². The summed E-state index contributed by atoms with van der Waals surface area (Å²) >= 11 is 0. The van der Waals surface area contributed by atoms with Crippen LogP contribution in [-0.4, -0.2) is 43.9 Å². The van der Waals surface area contributed by atoms with Crippen molar-refractivity contribution < 1.29 is 37.7 Å². The van der Waals surface area contributed by atoms with Crippen LogP contribution < -0.4 is 14.2 Å². The van der Waals surface area contributed by atoms with E-state index in [2.05, 4.69) is 4.98 Å². The smallest absolute Gasteiger partial charge is 0.302 e. The first-order chi connectivity index (χ1) is 18.9. The topological polar surface area (TPSA) is 106 Å². The molecule has 1 heterocycles. The van der Waals surface area contributed by atoms with Gasteiger partial charge in [-0.15, -0.1) is 0 Å². The number of nitrogens with zero attached hydrogens (tertiary/aromatic N) is 1. The van der Waals surface area contributed by atoms with E-state index in [1.54, 1.807) is 42.5 Å². The first-order valence-electron chi connectivity index (χ1n) is 12.3. The minimum atomic E-state index is -0.412. The predicted octanol–water partition coefficient (Wildman–Crippen LogP) is 5.38. The third-order valence-electron chi connectivity index (χ3n) is 5.59. The molecule has 0 bridgehead atoms. The second-order valence-corrected chi connectivity index (χ2v) is 8.43. The Balaban J connectivity index is 1.43. The Morgan fingerprint density at radius 3 is 2.33 bits per heavy atom. The second kappa shape index (κ2) is 13.3. The normalized spacial score (nSPS) is 10.6. The van der Waals surface area contributed by atoms with E-state index in [0.29, 0.717) is 45.7 Å². The van der Waals surface area contributed by atoms with Crippen molar-refractivity contribution in [3.8, 4) is 28.7 Å². The van der Waals surface area contributed by atoms with E-state index >= 15 is 0 Å². The van der Waals surface area contributed by atoms with E-state index in [0.717, 1.165) is 5.56 Å². The molecule has 3 aromatic carbocycles. The van der Waals surface area contributed by atoms with Crippen LogP contribution >= 0.6 is 0 Å². The van der Waals surface area contributed by atoms with Gasteiger partial charge in [-0.25, -0.2) is 4.98 Å². The zero-order chi connectivity index (χ0) is 27.6. The van der Waals surface area contributed by atoms with Gasteiger partial charge in [0.1, 0.15) is 48.5 Å². The van der Waals surface area contributed by atoms with Crippen LogP contribution in [0.25, 0.3) is 11.5 Å². The molecule has 9 heteroatoms. The first-order valence-corrected chi connectivity index (χ1v) is 12.3. The minimum Gasteiger partial charge on any atom is -0.489 e. The van der Waals surface area contributed by atoms with Crippen molar-refractivity contribution in [1.82, 2.24) is 4.98 Å². The van der Waals surface area contributed by atoms with Crippen LogP contribution in [0.5, 0.6) is 17.2 Å². The fourth-order valence-corrected chi connectivity index (χ4v) is 3.64. The van der Waals surface area contributed by atoms with Gasteiger partial charge in [0.2, 0.25) is 5.89 Å². The summed E-state index contributed by atoms with van der Waals surface area (Å²) in [4.78, 5) is 28.9. The van der Waals surface area contributed by atoms with E-state index in [-0.39, 0.29) is 32.4 Å². The maximum atomic E-state index is 13.3. The number of hydrogen-bond acceptors (Lipinski definition) is 9. The fourth-order valence-electron chi connectivity index (χ4n) is 3.64. The van der Waals surface area contributed by atoms with Gasteiger partial charge in [-0.1, -0.05) is 18.2 Å². The van der Waals surface area contributed by atoms with Crippen molar-refractivity contribution in [3.05, 3.63) is 95.4 Å². The fraction of sp³-hybridized carbons (Fsp3) is 0.233. The molecule has 202 valence electrons. The number of rotatable bonds is 13. The van der Waals surface area contributed by atoms with E-state index in [1.165, 1.54) is 14.0 Å². The number of carbonyl (C=O) groups excluding carboxylic acids is 2. The molecule has 0 atom stereocenters. The van der Waals surface area contributed by atoms with Crippen molar-refractivity contribution in [2.24, 2.45) is 0 Å². The van der Waals surface area contributed by atoms with Crippen LogP contribution in [-0.2, 0) is 20.9 Å². The molecule has 9 nitrogen and oxygen atoms in total. The average molecular weight is 532 g/mol. The summed E-state index contributed by atoms with van der Waals surface area (Å²) in [5.41, 5.74) is 2.37. The van der Waals surface area contributed by atoms with Gasteiger partial charge in [0.05, 0.1) is 5.56 Å². The van der Waals surface area contributed by atoms with Crippen molar-refractivity contribution in [3.63, 3.8) is 0 Å². The molecule has 0 N–H and O–H groups in total. The highest BCUT2D eigenvalue weighted by Gasteiger charge is 2.17. The number of esters is 1. The van der Waals surface area contributed by atoms with Crippen LogP contribution in [0.15, 0.2) is 77.2 Å². The number of ether oxygens (including phenoxy) is 5. The number of aryl methyl sites for hydroxylation is 1. The van der Waals surface area contributed by atoms with Gasteiger partial charge in [0.15, 0.2) is 12.6 Å². The Labute approximate surface area is 226 Å². The van der Waals surface area contributed by atoms with E-state index < -0.39 is 5.97 Å². The lowest BCUT2D eigenvalue weighted by Gasteiger charge is -2.13. The summed E-state index contributed by atoms with van der Waals surface area (Å²) in [6.07, 6.45) is 0. The van der Waals surface area contributed by atoms with Crippen LogP contribution in [0.2, 0.25) is 0 Å². The molecule has 0 aliphatic heterocycles. The highest BCUT2D eigenvalue weighted by Crippen LogP contribution is 2.28. The largest absolute Gasteiger partial charge is 0.489 e. The summed E-state index contributed by atoms with van der Waals surface area (Å²) in [7, 11) is 1.51. The molecule has 0 aliphatic carbocycles. The van der Waals surface area contributed by atoms with Gasteiger partial charge in [0, 0.05) is 31.2 Å². The number of ketones is 1. The molecule has 0 amide bonds. The van der Waals surface area contributed by atoms with E-state index in [9.17, 15) is 9.59 Å². The maximum absolute atomic E-state index is 13.3. The highest BCUT2D eigenvalue weighted by atomic mass is 16.7. The lowest BCUT2D eigenvalue weighted by atomic mass is 10.0. The average Bonchev–Trinajstić information content (AvgIpc) is 3.33. The van der Waals surface area contributed by atoms with Crippen molar-refractivity contribution in [2.75, 3.05) is 27.1 Å². The Hall–Kier alpha value is -4.63. The summed E-state index contributed by atoms with van der Waals surface area (Å²) in [5, 5.41) is 0. The summed E-state index contributed by atoms with van der Waals surface area (Å²) in [6.45, 7) is 3.55. The summed E-state index contributed by atoms with van der Waals surface area (Å²) in [5.74, 6) is 1.91. The van der Waals surface area contributed by atoms with Gasteiger partial charge < -0.3 is 28.1 Å². The Morgan fingerprint density at radius 2 is 1.62 bits per heavy atom. The lowest BCUT2D eigenvalue weighted by molar-refractivity contribution is -0.141. The standard InChI is InChI=1S/C30H29NO8/c1-20-27(31-30(39-20)23-7-5-4-6-8-23)18-37-24-11-9-22(10-12-24)29(33)26-14-13-25(38-19-34-3)17-28(26)36-16-15-35-21(2)32/h4-14,17H,15-16,18-19H2,1-3H3. The SMILES string of the molecule is COCOc1ccc(C(=O)c2ccc(OCc3nc(-c4ccccc4)oc3C)cc2)c(OCCOC(C)=O)c1. The van der Waals surface area contributed by atoms with Crippen LogP contribution in [0.1, 0.15) is 34.3 Å². The van der Waals surface area contributed by atoms with Crippen LogP contribution in [0, 0.1) is 6.92 Å². The second-order valence-electron chi connectivity index (χ2n) is 8.43. The molecule has 4 rings (SSSR count). The third-order valence-corrected chi connectivity index (χ3v) is 5.59. The van der Waals surface area contributed by atoms with Crippen LogP contribution in [0.4, 0.5) is 0 Å². The molecular formula is C30H29NO8. The predicted molar refractivity (Wildman–Crippen MR) is 142 cm³/mol. The Bertz CT molecular complexity index is 1400. The Kier molecular flexibility index (Phi) is 9.31. The zero-order valence-corrected chi connectivity index (χ0v) is 22.0. The minimum absolute atomic E-state index is 0.0447. The third kappa shape index (κ3) is 7.45.